The number of rotatable bonds is 14. The Morgan fingerprint density at radius 3 is 1.62 bits per heavy atom. The second kappa shape index (κ2) is 13.6. The van der Waals surface area contributed by atoms with Gasteiger partial charge in [-0.15, -0.1) is 0 Å². The molecule has 0 aromatic rings. The first kappa shape index (κ1) is 29.2. The van der Waals surface area contributed by atoms with Crippen molar-refractivity contribution in [1.29, 1.82) is 0 Å². The number of carboxylic acid groups (broad SMARTS) is 2. The summed E-state index contributed by atoms with van der Waals surface area (Å²) in [4.78, 5) is 59.4. The van der Waals surface area contributed by atoms with Crippen LogP contribution in [0, 0.1) is 5.92 Å². The summed E-state index contributed by atoms with van der Waals surface area (Å²) in [5, 5.41) is 44.0. The summed E-state index contributed by atoms with van der Waals surface area (Å²) in [5.41, 5.74) is 5.67. The summed E-state index contributed by atoms with van der Waals surface area (Å²) < 4.78 is 0. The Bertz CT molecular complexity index is 684. The van der Waals surface area contributed by atoms with Crippen LogP contribution in [0.1, 0.15) is 47.0 Å². The zero-order chi connectivity index (χ0) is 25.2. The van der Waals surface area contributed by atoms with E-state index in [1.165, 1.54) is 6.92 Å². The molecule has 184 valence electrons. The molecular formula is C19H34N4O9. The van der Waals surface area contributed by atoms with Crippen molar-refractivity contribution in [2.75, 3.05) is 0 Å². The summed E-state index contributed by atoms with van der Waals surface area (Å²) in [6.45, 7) is 5.75. The minimum Gasteiger partial charge on any atom is -0.481 e. The third kappa shape index (κ3) is 9.58. The number of nitrogens with two attached hydrogens (primary N) is 1. The number of hydrogen-bond acceptors (Lipinski definition) is 8. The van der Waals surface area contributed by atoms with Crippen LogP contribution >= 0.6 is 0 Å². The summed E-state index contributed by atoms with van der Waals surface area (Å²) in [6, 6.07) is -5.58. The van der Waals surface area contributed by atoms with E-state index in [-0.39, 0.29) is 12.8 Å². The molecule has 0 radical (unpaired) electrons. The lowest BCUT2D eigenvalue weighted by Gasteiger charge is -2.29. The van der Waals surface area contributed by atoms with Gasteiger partial charge in [0.15, 0.2) is 6.04 Å². The molecule has 0 aliphatic carbocycles. The van der Waals surface area contributed by atoms with E-state index in [0.717, 1.165) is 6.92 Å². The Morgan fingerprint density at radius 2 is 1.22 bits per heavy atom. The fourth-order valence-electron chi connectivity index (χ4n) is 2.65. The Morgan fingerprint density at radius 1 is 0.781 bits per heavy atom. The van der Waals surface area contributed by atoms with Crippen LogP contribution in [-0.2, 0) is 24.0 Å². The van der Waals surface area contributed by atoms with E-state index in [4.69, 9.17) is 15.9 Å². The van der Waals surface area contributed by atoms with Crippen LogP contribution in [0.3, 0.4) is 0 Å². The van der Waals surface area contributed by atoms with Gasteiger partial charge in [-0.25, -0.2) is 4.79 Å². The molecule has 0 spiro atoms. The zero-order valence-electron chi connectivity index (χ0n) is 18.6. The number of aliphatic hydroxyl groups excluding tert-OH is 2. The van der Waals surface area contributed by atoms with E-state index in [0.29, 0.717) is 6.42 Å². The number of hydrogen-bond donors (Lipinski definition) is 8. The molecule has 13 nitrogen and oxygen atoms in total. The Kier molecular flexibility index (Phi) is 12.4. The van der Waals surface area contributed by atoms with Crippen molar-refractivity contribution >= 4 is 29.7 Å². The highest BCUT2D eigenvalue weighted by Crippen LogP contribution is 2.10. The molecule has 3 amide bonds. The van der Waals surface area contributed by atoms with Gasteiger partial charge >= 0.3 is 11.9 Å². The molecule has 0 saturated carbocycles. The normalized spacial score (nSPS) is 17.6. The Labute approximate surface area is 185 Å². The van der Waals surface area contributed by atoms with Gasteiger partial charge in [0.2, 0.25) is 17.7 Å². The first-order valence-corrected chi connectivity index (χ1v) is 10.2. The monoisotopic (exact) mass is 462 g/mol. The van der Waals surface area contributed by atoms with Crippen molar-refractivity contribution in [2.24, 2.45) is 11.7 Å². The van der Waals surface area contributed by atoms with Gasteiger partial charge in [0, 0.05) is 6.42 Å². The maximum Gasteiger partial charge on any atom is 0.328 e. The van der Waals surface area contributed by atoms with Crippen molar-refractivity contribution < 1.29 is 44.4 Å². The molecule has 7 unspecified atom stereocenters. The SMILES string of the molecule is CCC(C)C(NC(=O)C(N)CCC(=O)O)C(=O)NC(C(=O)NC(C(=O)O)C(C)O)C(C)O. The van der Waals surface area contributed by atoms with Gasteiger partial charge in [-0.05, 0) is 26.2 Å². The third-order valence-electron chi connectivity index (χ3n) is 4.91. The zero-order valence-corrected chi connectivity index (χ0v) is 18.6. The number of amides is 3. The lowest BCUT2D eigenvalue weighted by atomic mass is 9.96. The maximum atomic E-state index is 12.8. The Hall–Kier alpha value is -2.77. The summed E-state index contributed by atoms with van der Waals surface area (Å²) in [6.07, 6.45) is -2.93. The average Bonchev–Trinajstić information content (AvgIpc) is 2.70. The molecule has 7 atom stereocenters. The van der Waals surface area contributed by atoms with Gasteiger partial charge in [0.25, 0.3) is 0 Å². The highest BCUT2D eigenvalue weighted by Gasteiger charge is 2.35. The van der Waals surface area contributed by atoms with E-state index in [1.54, 1.807) is 13.8 Å². The average molecular weight is 463 g/mol. The van der Waals surface area contributed by atoms with E-state index >= 15 is 0 Å². The van der Waals surface area contributed by atoms with Crippen LogP contribution in [0.5, 0.6) is 0 Å². The number of carbonyl (C=O) groups excluding carboxylic acids is 3. The molecule has 0 aliphatic rings. The molecule has 0 aromatic carbocycles. The van der Waals surface area contributed by atoms with Crippen LogP contribution in [0.15, 0.2) is 0 Å². The van der Waals surface area contributed by atoms with Crippen molar-refractivity contribution in [3.8, 4) is 0 Å². The lowest BCUT2D eigenvalue weighted by molar-refractivity contribution is -0.146. The largest absolute Gasteiger partial charge is 0.481 e. The smallest absolute Gasteiger partial charge is 0.328 e. The number of nitrogens with one attached hydrogen (secondary N) is 3. The van der Waals surface area contributed by atoms with Gasteiger partial charge in [0.05, 0.1) is 18.2 Å². The van der Waals surface area contributed by atoms with Crippen molar-refractivity contribution in [1.82, 2.24) is 16.0 Å². The molecular weight excluding hydrogens is 428 g/mol. The number of aliphatic carboxylic acids is 2. The molecule has 0 aromatic heterocycles. The summed E-state index contributed by atoms with van der Waals surface area (Å²) in [7, 11) is 0. The summed E-state index contributed by atoms with van der Waals surface area (Å²) in [5.74, 6) is -5.70. The molecule has 0 bridgehead atoms. The molecule has 0 fully saturated rings. The molecule has 0 heterocycles. The maximum absolute atomic E-state index is 12.8. The quantitative estimate of drug-likeness (QED) is 0.135. The first-order chi connectivity index (χ1) is 14.7. The lowest BCUT2D eigenvalue weighted by Crippen LogP contribution is -2.61. The van der Waals surface area contributed by atoms with Gasteiger partial charge in [-0.2, -0.15) is 0 Å². The highest BCUT2D eigenvalue weighted by atomic mass is 16.4. The first-order valence-electron chi connectivity index (χ1n) is 10.2. The molecule has 0 rings (SSSR count). The van der Waals surface area contributed by atoms with Crippen LogP contribution < -0.4 is 21.7 Å². The van der Waals surface area contributed by atoms with Gasteiger partial charge < -0.3 is 42.1 Å². The predicted octanol–water partition coefficient (Wildman–Crippen LogP) is -2.47. The van der Waals surface area contributed by atoms with E-state index < -0.39 is 72.0 Å². The van der Waals surface area contributed by atoms with Crippen LogP contribution in [0.4, 0.5) is 0 Å². The van der Waals surface area contributed by atoms with Crippen LogP contribution in [-0.4, -0.2) is 86.5 Å². The van der Waals surface area contributed by atoms with Gasteiger partial charge in [-0.1, -0.05) is 20.3 Å². The minimum atomic E-state index is -1.67. The molecule has 32 heavy (non-hydrogen) atoms. The molecule has 0 aliphatic heterocycles. The number of aliphatic hydroxyl groups is 2. The fourth-order valence-corrected chi connectivity index (χ4v) is 2.65. The second-order valence-electron chi connectivity index (χ2n) is 7.70. The standard InChI is InChI=1S/C19H34N4O9/c1-5-8(2)13(21-16(28)11(20)6-7-12(26)27)17(29)22-14(9(3)24)18(30)23-15(10(4)25)19(31)32/h8-11,13-15,24-25H,5-7,20H2,1-4H3,(H,21,28)(H,22,29)(H,23,30)(H,26,27)(H,31,32). The predicted molar refractivity (Wildman–Crippen MR) is 111 cm³/mol. The molecule has 13 heteroatoms. The topological polar surface area (TPSA) is 228 Å². The van der Waals surface area contributed by atoms with E-state index in [1.807, 2.05) is 5.32 Å². The highest BCUT2D eigenvalue weighted by molar-refractivity contribution is 5.94. The van der Waals surface area contributed by atoms with Crippen molar-refractivity contribution in [3.05, 3.63) is 0 Å². The number of carboxylic acids is 2. The number of carbonyl (C=O) groups is 5. The van der Waals surface area contributed by atoms with Crippen LogP contribution in [0.2, 0.25) is 0 Å². The van der Waals surface area contributed by atoms with Gasteiger partial charge in [-0.3, -0.25) is 19.2 Å². The molecule has 9 N–H and O–H groups in total. The molecule has 0 saturated heterocycles. The van der Waals surface area contributed by atoms with Gasteiger partial charge in [0.1, 0.15) is 12.1 Å². The fraction of sp³-hybridized carbons (Fsp3) is 0.737. The second-order valence-corrected chi connectivity index (χ2v) is 7.70. The van der Waals surface area contributed by atoms with E-state index in [9.17, 15) is 34.2 Å². The Balaban J connectivity index is 5.44. The van der Waals surface area contributed by atoms with Crippen LogP contribution in [0.25, 0.3) is 0 Å². The van der Waals surface area contributed by atoms with Crippen molar-refractivity contribution in [2.45, 2.75) is 83.3 Å². The summed E-state index contributed by atoms with van der Waals surface area (Å²) >= 11 is 0. The minimum absolute atomic E-state index is 0.148. The van der Waals surface area contributed by atoms with E-state index in [2.05, 4.69) is 10.6 Å². The third-order valence-corrected chi connectivity index (χ3v) is 4.91. The van der Waals surface area contributed by atoms with Crippen molar-refractivity contribution in [3.63, 3.8) is 0 Å².